The van der Waals surface area contributed by atoms with Gasteiger partial charge in [0.2, 0.25) is 0 Å². The van der Waals surface area contributed by atoms with Crippen molar-refractivity contribution in [1.82, 2.24) is 0 Å². The molecule has 0 aliphatic rings. The average molecular weight is 212 g/mol. The molecule has 0 aliphatic carbocycles. The van der Waals surface area contributed by atoms with Gasteiger partial charge in [-0.25, -0.2) is 0 Å². The van der Waals surface area contributed by atoms with E-state index in [9.17, 15) is 5.11 Å². The van der Waals surface area contributed by atoms with Crippen LogP contribution in [0.5, 0.6) is 0 Å². The number of aryl methyl sites for hydroxylation is 2. The largest absolute Gasteiger partial charge is 0.387 e. The summed E-state index contributed by atoms with van der Waals surface area (Å²) < 4.78 is 0. The van der Waals surface area contributed by atoms with Crippen LogP contribution in [0.15, 0.2) is 6.07 Å². The Hall–Kier alpha value is -0.340. The molecule has 0 saturated carbocycles. The number of aliphatic hydroxyl groups is 1. The Morgan fingerprint density at radius 2 is 2.00 bits per heavy atom. The van der Waals surface area contributed by atoms with Crippen molar-refractivity contribution in [3.63, 3.8) is 0 Å². The summed E-state index contributed by atoms with van der Waals surface area (Å²) in [6.07, 6.45) is 0.663. The summed E-state index contributed by atoms with van der Waals surface area (Å²) >= 11 is 1.71. The quantitative estimate of drug-likeness (QED) is 0.807. The lowest BCUT2D eigenvalue weighted by Gasteiger charge is -2.29. The molecule has 1 rings (SSSR count). The summed E-state index contributed by atoms with van der Waals surface area (Å²) in [5, 5.41) is 10.3. The second-order valence-electron chi connectivity index (χ2n) is 4.65. The SMILES string of the molecule is CCC(C)(C)C(O)c1sc(C)cc1C. The zero-order valence-corrected chi connectivity index (χ0v) is 10.5. The van der Waals surface area contributed by atoms with E-state index in [1.54, 1.807) is 11.3 Å². The molecule has 1 aromatic heterocycles. The van der Waals surface area contributed by atoms with Crippen molar-refractivity contribution in [1.29, 1.82) is 0 Å². The van der Waals surface area contributed by atoms with Crippen LogP contribution < -0.4 is 0 Å². The highest BCUT2D eigenvalue weighted by Crippen LogP contribution is 2.40. The Morgan fingerprint density at radius 1 is 1.43 bits per heavy atom. The van der Waals surface area contributed by atoms with E-state index >= 15 is 0 Å². The van der Waals surface area contributed by atoms with Crippen molar-refractivity contribution < 1.29 is 5.11 Å². The first-order valence-electron chi connectivity index (χ1n) is 5.13. The van der Waals surface area contributed by atoms with E-state index in [0.717, 1.165) is 11.3 Å². The van der Waals surface area contributed by atoms with Crippen LogP contribution in [0.2, 0.25) is 0 Å². The molecule has 1 aromatic rings. The minimum Gasteiger partial charge on any atom is -0.387 e. The van der Waals surface area contributed by atoms with Gasteiger partial charge in [-0.05, 0) is 37.3 Å². The fourth-order valence-corrected chi connectivity index (χ4v) is 2.71. The van der Waals surface area contributed by atoms with Crippen molar-refractivity contribution in [3.05, 3.63) is 21.4 Å². The maximum atomic E-state index is 10.3. The Balaban J connectivity index is 3.00. The first-order chi connectivity index (χ1) is 6.38. The lowest BCUT2D eigenvalue weighted by atomic mass is 9.82. The summed E-state index contributed by atoms with van der Waals surface area (Å²) in [4.78, 5) is 2.41. The predicted octanol–water partition coefficient (Wildman–Crippen LogP) is 3.83. The van der Waals surface area contributed by atoms with Gasteiger partial charge < -0.3 is 5.11 Å². The molecule has 0 bridgehead atoms. The molecule has 0 fully saturated rings. The third-order valence-corrected chi connectivity index (χ3v) is 4.18. The van der Waals surface area contributed by atoms with Crippen LogP contribution in [-0.4, -0.2) is 5.11 Å². The van der Waals surface area contributed by atoms with E-state index in [1.165, 1.54) is 10.4 Å². The first-order valence-corrected chi connectivity index (χ1v) is 5.95. The van der Waals surface area contributed by atoms with Crippen LogP contribution in [0, 0.1) is 19.3 Å². The number of thiophene rings is 1. The third-order valence-electron chi connectivity index (χ3n) is 2.98. The second-order valence-corrected chi connectivity index (χ2v) is 5.94. The molecular weight excluding hydrogens is 192 g/mol. The Labute approximate surface area is 90.8 Å². The summed E-state index contributed by atoms with van der Waals surface area (Å²) in [7, 11) is 0. The van der Waals surface area contributed by atoms with E-state index in [2.05, 4.69) is 40.7 Å². The first kappa shape index (κ1) is 11.7. The predicted molar refractivity (Wildman–Crippen MR) is 62.8 cm³/mol. The number of aliphatic hydroxyl groups excluding tert-OH is 1. The molecule has 0 aromatic carbocycles. The van der Waals surface area contributed by atoms with Crippen molar-refractivity contribution in [2.75, 3.05) is 0 Å². The Bertz CT molecular complexity index is 312. The van der Waals surface area contributed by atoms with E-state index in [4.69, 9.17) is 0 Å². The van der Waals surface area contributed by atoms with Gasteiger partial charge in [0, 0.05) is 9.75 Å². The smallest absolute Gasteiger partial charge is 0.0935 e. The molecule has 1 heterocycles. The van der Waals surface area contributed by atoms with Crippen molar-refractivity contribution >= 4 is 11.3 Å². The molecule has 2 heteroatoms. The molecular formula is C12H20OS. The van der Waals surface area contributed by atoms with Gasteiger partial charge in [0.1, 0.15) is 0 Å². The van der Waals surface area contributed by atoms with E-state index in [-0.39, 0.29) is 11.5 Å². The molecule has 1 atom stereocenters. The van der Waals surface area contributed by atoms with Crippen LogP contribution in [0.25, 0.3) is 0 Å². The highest BCUT2D eigenvalue weighted by atomic mass is 32.1. The molecule has 0 amide bonds. The van der Waals surface area contributed by atoms with E-state index in [1.807, 2.05) is 0 Å². The van der Waals surface area contributed by atoms with Crippen LogP contribution in [0.1, 0.15) is 48.6 Å². The molecule has 14 heavy (non-hydrogen) atoms. The Kier molecular flexibility index (Phi) is 3.38. The van der Waals surface area contributed by atoms with Gasteiger partial charge in [0.05, 0.1) is 6.10 Å². The van der Waals surface area contributed by atoms with Crippen LogP contribution in [-0.2, 0) is 0 Å². The molecule has 1 N–H and O–H groups in total. The van der Waals surface area contributed by atoms with Gasteiger partial charge in [0.25, 0.3) is 0 Å². The standard InChI is InChI=1S/C12H20OS/c1-6-12(4,5)11(13)10-8(2)7-9(3)14-10/h7,11,13H,6H2,1-5H3. The number of rotatable bonds is 3. The van der Waals surface area contributed by atoms with Crippen LogP contribution in [0.4, 0.5) is 0 Å². The fraction of sp³-hybridized carbons (Fsp3) is 0.667. The summed E-state index contributed by atoms with van der Waals surface area (Å²) in [6.45, 7) is 10.5. The summed E-state index contributed by atoms with van der Waals surface area (Å²) in [6, 6.07) is 2.15. The topological polar surface area (TPSA) is 20.2 Å². The summed E-state index contributed by atoms with van der Waals surface area (Å²) in [5.74, 6) is 0. The van der Waals surface area contributed by atoms with Crippen molar-refractivity contribution in [2.45, 2.75) is 47.1 Å². The zero-order chi connectivity index (χ0) is 10.9. The number of hydrogen-bond donors (Lipinski definition) is 1. The third kappa shape index (κ3) is 2.18. The second kappa shape index (κ2) is 4.03. The van der Waals surface area contributed by atoms with Gasteiger partial charge in [-0.3, -0.25) is 0 Å². The van der Waals surface area contributed by atoms with Crippen molar-refractivity contribution in [3.8, 4) is 0 Å². The maximum absolute atomic E-state index is 10.3. The molecule has 0 aliphatic heterocycles. The van der Waals surface area contributed by atoms with Gasteiger partial charge in [-0.2, -0.15) is 0 Å². The molecule has 1 nitrogen and oxygen atoms in total. The average Bonchev–Trinajstić information content (AvgIpc) is 2.44. The summed E-state index contributed by atoms with van der Waals surface area (Å²) in [5.41, 5.74) is 1.20. The lowest BCUT2D eigenvalue weighted by molar-refractivity contribution is 0.0491. The fourth-order valence-electron chi connectivity index (χ4n) is 1.48. The minimum absolute atomic E-state index is 0.0257. The maximum Gasteiger partial charge on any atom is 0.0935 e. The zero-order valence-electron chi connectivity index (χ0n) is 9.72. The molecule has 0 radical (unpaired) electrons. The molecule has 0 saturated heterocycles. The lowest BCUT2D eigenvalue weighted by Crippen LogP contribution is -2.20. The molecule has 0 spiro atoms. The van der Waals surface area contributed by atoms with Crippen LogP contribution >= 0.6 is 11.3 Å². The monoisotopic (exact) mass is 212 g/mol. The molecule has 80 valence electrons. The number of hydrogen-bond acceptors (Lipinski definition) is 2. The van der Waals surface area contributed by atoms with Gasteiger partial charge in [0.15, 0.2) is 0 Å². The highest BCUT2D eigenvalue weighted by molar-refractivity contribution is 7.12. The van der Waals surface area contributed by atoms with Gasteiger partial charge >= 0.3 is 0 Å². The van der Waals surface area contributed by atoms with Gasteiger partial charge in [-0.1, -0.05) is 20.8 Å². The highest BCUT2D eigenvalue weighted by Gasteiger charge is 2.29. The van der Waals surface area contributed by atoms with Crippen molar-refractivity contribution in [2.24, 2.45) is 5.41 Å². The Morgan fingerprint density at radius 3 is 2.36 bits per heavy atom. The van der Waals surface area contributed by atoms with Crippen LogP contribution in [0.3, 0.4) is 0 Å². The van der Waals surface area contributed by atoms with E-state index in [0.29, 0.717) is 0 Å². The van der Waals surface area contributed by atoms with Gasteiger partial charge in [-0.15, -0.1) is 11.3 Å². The van der Waals surface area contributed by atoms with E-state index < -0.39 is 0 Å². The molecule has 1 unspecified atom stereocenters. The normalized spacial score (nSPS) is 14.4. The minimum atomic E-state index is -0.328.